The number of anilines is 1. The van der Waals surface area contributed by atoms with Crippen LogP contribution in [0.25, 0.3) is 0 Å². The van der Waals surface area contributed by atoms with Crippen LogP contribution >= 0.6 is 15.9 Å². The number of nitrogens with one attached hydrogen (secondary N) is 1. The van der Waals surface area contributed by atoms with Gasteiger partial charge in [-0.15, -0.1) is 0 Å². The average Bonchev–Trinajstić information content (AvgIpc) is 2.81. The van der Waals surface area contributed by atoms with Crippen LogP contribution in [0.1, 0.15) is 32.1 Å². The minimum absolute atomic E-state index is 0.332. The van der Waals surface area contributed by atoms with Crippen LogP contribution in [-0.4, -0.2) is 32.3 Å². The van der Waals surface area contributed by atoms with Gasteiger partial charge in [0.2, 0.25) is 0 Å². The Kier molecular flexibility index (Phi) is 4.22. The summed E-state index contributed by atoms with van der Waals surface area (Å²) in [5.41, 5.74) is 1.60. The molecule has 0 amide bonds. The lowest BCUT2D eigenvalue weighted by Gasteiger charge is -2.35. The second-order valence-electron chi connectivity index (χ2n) is 6.01. The molecule has 1 heterocycles. The number of rotatable bonds is 2. The van der Waals surface area contributed by atoms with Gasteiger partial charge in [-0.25, -0.2) is 0 Å². The third-order valence-electron chi connectivity index (χ3n) is 4.65. The Morgan fingerprint density at radius 1 is 1.25 bits per heavy atom. The van der Waals surface area contributed by atoms with E-state index in [-0.39, 0.29) is 0 Å². The predicted octanol–water partition coefficient (Wildman–Crippen LogP) is 3.57. The third-order valence-corrected chi connectivity index (χ3v) is 5.32. The first-order valence-corrected chi connectivity index (χ1v) is 8.35. The standard InChI is InChI=1S/C16H23BrN2O/c1-20-13-5-6-14(17)15(11-13)19-10-4-9-18-16(12-19)7-2-3-8-16/h5-6,11,18H,2-4,7-10,12H2,1H3. The van der Waals surface area contributed by atoms with Crippen molar-refractivity contribution in [3.8, 4) is 5.75 Å². The number of nitrogens with zero attached hydrogens (tertiary/aromatic N) is 1. The maximum Gasteiger partial charge on any atom is 0.121 e. The lowest BCUT2D eigenvalue weighted by Crippen LogP contribution is -2.49. The van der Waals surface area contributed by atoms with Gasteiger partial charge in [0.05, 0.1) is 12.8 Å². The molecule has 1 aliphatic carbocycles. The van der Waals surface area contributed by atoms with Crippen LogP contribution in [0.4, 0.5) is 5.69 Å². The summed E-state index contributed by atoms with van der Waals surface area (Å²) in [6.45, 7) is 3.36. The molecule has 0 atom stereocenters. The first-order chi connectivity index (χ1) is 9.72. The fourth-order valence-corrected chi connectivity index (χ4v) is 4.08. The zero-order valence-electron chi connectivity index (χ0n) is 12.1. The monoisotopic (exact) mass is 338 g/mol. The van der Waals surface area contributed by atoms with E-state index in [4.69, 9.17) is 4.74 Å². The van der Waals surface area contributed by atoms with E-state index in [9.17, 15) is 0 Å². The zero-order valence-corrected chi connectivity index (χ0v) is 13.7. The molecular weight excluding hydrogens is 316 g/mol. The molecule has 0 aromatic heterocycles. The van der Waals surface area contributed by atoms with Crippen molar-refractivity contribution >= 4 is 21.6 Å². The molecule has 110 valence electrons. The first kappa shape index (κ1) is 14.2. The smallest absolute Gasteiger partial charge is 0.121 e. The van der Waals surface area contributed by atoms with Gasteiger partial charge in [0.15, 0.2) is 0 Å². The fraction of sp³-hybridized carbons (Fsp3) is 0.625. The topological polar surface area (TPSA) is 24.5 Å². The second-order valence-corrected chi connectivity index (χ2v) is 6.86. The van der Waals surface area contributed by atoms with Crippen molar-refractivity contribution < 1.29 is 4.74 Å². The fourth-order valence-electron chi connectivity index (χ4n) is 3.58. The molecule has 1 saturated carbocycles. The Morgan fingerprint density at radius 2 is 2.05 bits per heavy atom. The van der Waals surface area contributed by atoms with Gasteiger partial charge in [-0.05, 0) is 53.9 Å². The first-order valence-electron chi connectivity index (χ1n) is 7.56. The Morgan fingerprint density at radius 3 is 2.80 bits per heavy atom. The van der Waals surface area contributed by atoms with E-state index in [0.717, 1.165) is 29.9 Å². The van der Waals surface area contributed by atoms with Gasteiger partial charge in [0.25, 0.3) is 0 Å². The Hall–Kier alpha value is -0.740. The summed E-state index contributed by atoms with van der Waals surface area (Å²) in [5.74, 6) is 0.931. The largest absolute Gasteiger partial charge is 0.497 e. The van der Waals surface area contributed by atoms with Crippen LogP contribution in [0.3, 0.4) is 0 Å². The molecule has 1 aromatic rings. The van der Waals surface area contributed by atoms with Crippen LogP contribution in [0, 0.1) is 0 Å². The van der Waals surface area contributed by atoms with Crippen molar-refractivity contribution in [1.82, 2.24) is 5.32 Å². The van der Waals surface area contributed by atoms with Crippen molar-refractivity contribution in [3.05, 3.63) is 22.7 Å². The molecule has 4 heteroatoms. The van der Waals surface area contributed by atoms with E-state index in [2.05, 4.69) is 38.3 Å². The average molecular weight is 339 g/mol. The quantitative estimate of drug-likeness (QED) is 0.892. The number of benzene rings is 1. The van der Waals surface area contributed by atoms with Crippen LogP contribution in [0.15, 0.2) is 22.7 Å². The summed E-state index contributed by atoms with van der Waals surface area (Å²) in [7, 11) is 1.73. The maximum atomic E-state index is 5.39. The second kappa shape index (κ2) is 5.94. The van der Waals surface area contributed by atoms with E-state index in [1.165, 1.54) is 37.8 Å². The van der Waals surface area contributed by atoms with E-state index in [1.807, 2.05) is 6.07 Å². The SMILES string of the molecule is COc1ccc(Br)c(N2CCCNC3(CCCC3)C2)c1. The highest BCUT2D eigenvalue weighted by atomic mass is 79.9. The number of methoxy groups -OCH3 is 1. The summed E-state index contributed by atoms with van der Waals surface area (Å²) in [6.07, 6.45) is 6.54. The van der Waals surface area contributed by atoms with Gasteiger partial charge in [0, 0.05) is 29.2 Å². The number of ether oxygens (including phenoxy) is 1. The highest BCUT2D eigenvalue weighted by molar-refractivity contribution is 9.10. The van der Waals surface area contributed by atoms with Gasteiger partial charge in [0.1, 0.15) is 5.75 Å². The Labute approximate surface area is 129 Å². The molecule has 2 aliphatic rings. The van der Waals surface area contributed by atoms with Crippen molar-refractivity contribution in [2.24, 2.45) is 0 Å². The van der Waals surface area contributed by atoms with E-state index in [0.29, 0.717) is 5.54 Å². The highest BCUT2D eigenvalue weighted by Crippen LogP contribution is 2.36. The van der Waals surface area contributed by atoms with Crippen molar-refractivity contribution in [3.63, 3.8) is 0 Å². The summed E-state index contributed by atoms with van der Waals surface area (Å²) in [5, 5.41) is 3.82. The zero-order chi connectivity index (χ0) is 14.0. The lowest BCUT2D eigenvalue weighted by molar-refractivity contribution is 0.354. The van der Waals surface area contributed by atoms with Gasteiger partial charge in [-0.1, -0.05) is 12.8 Å². The van der Waals surface area contributed by atoms with Crippen molar-refractivity contribution in [1.29, 1.82) is 0 Å². The third kappa shape index (κ3) is 2.82. The van der Waals surface area contributed by atoms with E-state index in [1.54, 1.807) is 7.11 Å². The van der Waals surface area contributed by atoms with Gasteiger partial charge < -0.3 is 15.0 Å². The minimum Gasteiger partial charge on any atom is -0.497 e. The summed E-state index contributed by atoms with van der Waals surface area (Å²) < 4.78 is 6.55. The van der Waals surface area contributed by atoms with E-state index < -0.39 is 0 Å². The molecule has 3 nitrogen and oxygen atoms in total. The Balaban J connectivity index is 1.87. The Bertz CT molecular complexity index is 472. The summed E-state index contributed by atoms with van der Waals surface area (Å²) in [4.78, 5) is 2.53. The summed E-state index contributed by atoms with van der Waals surface area (Å²) >= 11 is 3.70. The molecule has 2 fully saturated rings. The van der Waals surface area contributed by atoms with Gasteiger partial charge >= 0.3 is 0 Å². The van der Waals surface area contributed by atoms with E-state index >= 15 is 0 Å². The lowest BCUT2D eigenvalue weighted by atomic mass is 9.97. The van der Waals surface area contributed by atoms with Crippen LogP contribution in [0.5, 0.6) is 5.75 Å². The molecule has 3 rings (SSSR count). The summed E-state index contributed by atoms with van der Waals surface area (Å²) in [6, 6.07) is 6.25. The van der Waals surface area contributed by atoms with Gasteiger partial charge in [-0.3, -0.25) is 0 Å². The normalized spacial score (nSPS) is 22.0. The number of hydrogen-bond donors (Lipinski definition) is 1. The molecule has 1 aromatic carbocycles. The molecular formula is C16H23BrN2O. The van der Waals surface area contributed by atoms with Gasteiger partial charge in [-0.2, -0.15) is 0 Å². The predicted molar refractivity (Wildman–Crippen MR) is 86.7 cm³/mol. The van der Waals surface area contributed by atoms with Crippen LogP contribution in [-0.2, 0) is 0 Å². The molecule has 1 saturated heterocycles. The minimum atomic E-state index is 0.332. The molecule has 0 unspecified atom stereocenters. The van der Waals surface area contributed by atoms with Crippen LogP contribution in [0.2, 0.25) is 0 Å². The van der Waals surface area contributed by atoms with Crippen LogP contribution < -0.4 is 15.0 Å². The number of halogens is 1. The molecule has 1 aliphatic heterocycles. The van der Waals surface area contributed by atoms with Crippen molar-refractivity contribution in [2.75, 3.05) is 31.6 Å². The number of hydrogen-bond acceptors (Lipinski definition) is 3. The molecule has 0 radical (unpaired) electrons. The molecule has 20 heavy (non-hydrogen) atoms. The molecule has 1 N–H and O–H groups in total. The maximum absolute atomic E-state index is 5.39. The molecule has 0 bridgehead atoms. The molecule has 1 spiro atoms. The van der Waals surface area contributed by atoms with Crippen molar-refractivity contribution in [2.45, 2.75) is 37.6 Å². The highest BCUT2D eigenvalue weighted by Gasteiger charge is 2.36.